The van der Waals surface area contributed by atoms with Gasteiger partial charge in [0, 0.05) is 12.5 Å². The predicted octanol–water partition coefficient (Wildman–Crippen LogP) is 1.11. The standard InChI is InChI=1S/C8H16O3/c1-6-7(2)10-11-8(6)4-3-5-9/h6-9H,3-5H2,1-2H3/t6-,7?,8-/m1/s1. The molecule has 1 N–H and O–H groups in total. The first-order valence-electron chi connectivity index (χ1n) is 4.18. The van der Waals surface area contributed by atoms with Crippen LogP contribution in [-0.2, 0) is 9.78 Å². The molecule has 0 spiro atoms. The van der Waals surface area contributed by atoms with Crippen molar-refractivity contribution in [3.05, 3.63) is 0 Å². The van der Waals surface area contributed by atoms with Gasteiger partial charge in [0.2, 0.25) is 0 Å². The lowest BCUT2D eigenvalue weighted by molar-refractivity contribution is -0.294. The van der Waals surface area contributed by atoms with E-state index in [2.05, 4.69) is 6.92 Å². The fourth-order valence-corrected chi connectivity index (χ4v) is 1.24. The van der Waals surface area contributed by atoms with Crippen LogP contribution in [0.4, 0.5) is 0 Å². The summed E-state index contributed by atoms with van der Waals surface area (Å²) in [6.07, 6.45) is 2.06. The first-order valence-corrected chi connectivity index (χ1v) is 4.18. The van der Waals surface area contributed by atoms with Gasteiger partial charge in [-0.1, -0.05) is 6.92 Å². The fraction of sp³-hybridized carbons (Fsp3) is 1.00. The van der Waals surface area contributed by atoms with Crippen LogP contribution in [0.5, 0.6) is 0 Å². The maximum absolute atomic E-state index is 8.58. The topological polar surface area (TPSA) is 38.7 Å². The summed E-state index contributed by atoms with van der Waals surface area (Å²) < 4.78 is 0. The smallest absolute Gasteiger partial charge is 0.0982 e. The zero-order valence-corrected chi connectivity index (χ0v) is 7.12. The molecular weight excluding hydrogens is 144 g/mol. The Morgan fingerprint density at radius 3 is 2.45 bits per heavy atom. The summed E-state index contributed by atoms with van der Waals surface area (Å²) in [6, 6.07) is 0. The van der Waals surface area contributed by atoms with Gasteiger partial charge in [-0.25, -0.2) is 9.78 Å². The molecule has 0 aliphatic carbocycles. The zero-order chi connectivity index (χ0) is 8.27. The van der Waals surface area contributed by atoms with Crippen LogP contribution in [0.1, 0.15) is 26.7 Å². The van der Waals surface area contributed by atoms with Crippen molar-refractivity contribution in [3.8, 4) is 0 Å². The Labute approximate surface area is 67.2 Å². The summed E-state index contributed by atoms with van der Waals surface area (Å²) in [4.78, 5) is 10.1. The van der Waals surface area contributed by atoms with Crippen LogP contribution in [-0.4, -0.2) is 23.9 Å². The largest absolute Gasteiger partial charge is 0.396 e. The molecule has 0 radical (unpaired) electrons. The van der Waals surface area contributed by atoms with Crippen molar-refractivity contribution in [3.63, 3.8) is 0 Å². The van der Waals surface area contributed by atoms with Gasteiger partial charge >= 0.3 is 0 Å². The van der Waals surface area contributed by atoms with Crippen LogP contribution in [0.25, 0.3) is 0 Å². The normalized spacial score (nSPS) is 37.9. The summed E-state index contributed by atoms with van der Waals surface area (Å²) in [6.45, 7) is 4.35. The molecule has 1 aliphatic rings. The second kappa shape index (κ2) is 4.04. The van der Waals surface area contributed by atoms with Gasteiger partial charge in [0.15, 0.2) is 0 Å². The Bertz CT molecular complexity index is 116. The van der Waals surface area contributed by atoms with Crippen molar-refractivity contribution in [1.82, 2.24) is 0 Å². The van der Waals surface area contributed by atoms with Crippen LogP contribution < -0.4 is 0 Å². The van der Waals surface area contributed by atoms with Gasteiger partial charge in [0.05, 0.1) is 12.2 Å². The molecule has 0 saturated carbocycles. The van der Waals surface area contributed by atoms with Gasteiger partial charge in [0.1, 0.15) is 0 Å². The van der Waals surface area contributed by atoms with Gasteiger partial charge in [-0.3, -0.25) is 0 Å². The average Bonchev–Trinajstić information content (AvgIpc) is 2.31. The van der Waals surface area contributed by atoms with Crippen LogP contribution in [0.15, 0.2) is 0 Å². The quantitative estimate of drug-likeness (QED) is 0.629. The van der Waals surface area contributed by atoms with Gasteiger partial charge in [0.25, 0.3) is 0 Å². The Morgan fingerprint density at radius 2 is 2.00 bits per heavy atom. The number of aliphatic hydroxyl groups excluding tert-OH is 1. The molecule has 1 fully saturated rings. The van der Waals surface area contributed by atoms with Gasteiger partial charge in [-0.05, 0) is 19.8 Å². The number of aliphatic hydroxyl groups is 1. The summed E-state index contributed by atoms with van der Waals surface area (Å²) in [5, 5.41) is 8.58. The van der Waals surface area contributed by atoms with Gasteiger partial charge < -0.3 is 5.11 Å². The second-order valence-corrected chi connectivity index (χ2v) is 3.16. The van der Waals surface area contributed by atoms with Crippen molar-refractivity contribution >= 4 is 0 Å². The molecule has 1 aliphatic heterocycles. The van der Waals surface area contributed by atoms with E-state index in [1.807, 2.05) is 6.92 Å². The summed E-state index contributed by atoms with van der Waals surface area (Å²) >= 11 is 0. The maximum atomic E-state index is 8.58. The molecule has 0 aromatic carbocycles. The van der Waals surface area contributed by atoms with E-state index in [4.69, 9.17) is 14.9 Å². The maximum Gasteiger partial charge on any atom is 0.0982 e. The molecule has 0 aromatic rings. The van der Waals surface area contributed by atoms with Crippen LogP contribution >= 0.6 is 0 Å². The first-order chi connectivity index (χ1) is 5.25. The molecule has 11 heavy (non-hydrogen) atoms. The van der Waals surface area contributed by atoms with Crippen LogP contribution in [0, 0.1) is 5.92 Å². The molecule has 66 valence electrons. The molecule has 0 amide bonds. The third kappa shape index (κ3) is 2.15. The summed E-state index contributed by atoms with van der Waals surface area (Å²) in [5.74, 6) is 0.446. The van der Waals surface area contributed by atoms with E-state index in [0.29, 0.717) is 5.92 Å². The van der Waals surface area contributed by atoms with E-state index >= 15 is 0 Å². The van der Waals surface area contributed by atoms with E-state index in [-0.39, 0.29) is 18.8 Å². The van der Waals surface area contributed by atoms with Crippen LogP contribution in [0.2, 0.25) is 0 Å². The van der Waals surface area contributed by atoms with Crippen molar-refractivity contribution in [2.24, 2.45) is 5.92 Å². The van der Waals surface area contributed by atoms with Crippen LogP contribution in [0.3, 0.4) is 0 Å². The zero-order valence-electron chi connectivity index (χ0n) is 7.12. The third-order valence-electron chi connectivity index (χ3n) is 2.30. The minimum absolute atomic E-state index is 0.178. The second-order valence-electron chi connectivity index (χ2n) is 3.16. The van der Waals surface area contributed by atoms with Crippen molar-refractivity contribution < 1.29 is 14.9 Å². The molecule has 1 saturated heterocycles. The molecule has 1 unspecified atom stereocenters. The number of hydrogen-bond acceptors (Lipinski definition) is 3. The van der Waals surface area contributed by atoms with Crippen molar-refractivity contribution in [2.75, 3.05) is 6.61 Å². The molecular formula is C8H16O3. The molecule has 1 rings (SSSR count). The highest BCUT2D eigenvalue weighted by Crippen LogP contribution is 2.26. The highest BCUT2D eigenvalue weighted by molar-refractivity contribution is 4.74. The summed E-state index contributed by atoms with van der Waals surface area (Å²) in [7, 11) is 0. The summed E-state index contributed by atoms with van der Waals surface area (Å²) in [5.41, 5.74) is 0. The lowest BCUT2D eigenvalue weighted by atomic mass is 9.97. The number of hydrogen-bond donors (Lipinski definition) is 1. The minimum atomic E-state index is 0.178. The molecule has 3 nitrogen and oxygen atoms in total. The molecule has 3 atom stereocenters. The predicted molar refractivity (Wildman–Crippen MR) is 40.9 cm³/mol. The van der Waals surface area contributed by atoms with E-state index in [1.165, 1.54) is 0 Å². The van der Waals surface area contributed by atoms with E-state index in [9.17, 15) is 0 Å². The lowest BCUT2D eigenvalue weighted by Gasteiger charge is -2.11. The third-order valence-corrected chi connectivity index (χ3v) is 2.30. The Kier molecular flexibility index (Phi) is 3.30. The molecule has 1 heterocycles. The Hall–Kier alpha value is -0.120. The molecule has 0 aromatic heterocycles. The monoisotopic (exact) mass is 160 g/mol. The van der Waals surface area contributed by atoms with E-state index in [1.54, 1.807) is 0 Å². The van der Waals surface area contributed by atoms with Crippen molar-refractivity contribution in [2.45, 2.75) is 38.9 Å². The molecule has 0 bridgehead atoms. The Morgan fingerprint density at radius 1 is 1.27 bits per heavy atom. The highest BCUT2D eigenvalue weighted by Gasteiger charge is 2.32. The number of rotatable bonds is 3. The lowest BCUT2D eigenvalue weighted by Crippen LogP contribution is -2.18. The average molecular weight is 160 g/mol. The SMILES string of the molecule is CC1OO[C@H](CCCO)[C@@H]1C. The van der Waals surface area contributed by atoms with Gasteiger partial charge in [-0.2, -0.15) is 0 Å². The fourth-order valence-electron chi connectivity index (χ4n) is 1.24. The van der Waals surface area contributed by atoms with E-state index in [0.717, 1.165) is 12.8 Å². The first kappa shape index (κ1) is 8.97. The highest BCUT2D eigenvalue weighted by atomic mass is 17.2. The molecule has 3 heteroatoms. The Balaban J connectivity index is 2.24. The van der Waals surface area contributed by atoms with Gasteiger partial charge in [-0.15, -0.1) is 0 Å². The van der Waals surface area contributed by atoms with E-state index < -0.39 is 0 Å². The van der Waals surface area contributed by atoms with Crippen molar-refractivity contribution in [1.29, 1.82) is 0 Å². The minimum Gasteiger partial charge on any atom is -0.396 e.